The predicted octanol–water partition coefficient (Wildman–Crippen LogP) is 3.55. The van der Waals surface area contributed by atoms with Gasteiger partial charge in [0.2, 0.25) is 0 Å². The molecule has 32 heavy (non-hydrogen) atoms. The third-order valence-electron chi connectivity index (χ3n) is 6.89. The minimum absolute atomic E-state index is 0.243. The van der Waals surface area contributed by atoms with Crippen LogP contribution >= 0.6 is 0 Å². The van der Waals surface area contributed by atoms with Crippen LogP contribution in [0.15, 0.2) is 43.5 Å². The molecule has 1 aliphatic heterocycles. The quantitative estimate of drug-likeness (QED) is 0.479. The van der Waals surface area contributed by atoms with Crippen molar-refractivity contribution in [1.29, 1.82) is 0 Å². The summed E-state index contributed by atoms with van der Waals surface area (Å²) in [4.78, 5) is 23.9. The van der Waals surface area contributed by atoms with Crippen LogP contribution in [0.2, 0.25) is 0 Å². The molecule has 3 heterocycles. The van der Waals surface area contributed by atoms with E-state index in [4.69, 9.17) is 15.5 Å². The van der Waals surface area contributed by atoms with Crippen LogP contribution in [0, 0.1) is 11.8 Å². The summed E-state index contributed by atoms with van der Waals surface area (Å²) in [6, 6.07) is 3.68. The van der Waals surface area contributed by atoms with Crippen molar-refractivity contribution in [2.75, 3.05) is 32.8 Å². The number of carbonyl (C=O) groups is 1. The SMILES string of the molecule is C=CCOC[C@H]1CCCN(C[C@@H]2CCCC[C@H]2c2nc(-n3ccnc3)ccc2C(N)=O)C1. The lowest BCUT2D eigenvalue weighted by molar-refractivity contribution is 0.0627. The van der Waals surface area contributed by atoms with Crippen LogP contribution in [-0.2, 0) is 4.74 Å². The summed E-state index contributed by atoms with van der Waals surface area (Å²) >= 11 is 0. The molecule has 2 fully saturated rings. The van der Waals surface area contributed by atoms with E-state index in [2.05, 4.69) is 16.5 Å². The van der Waals surface area contributed by atoms with E-state index in [1.807, 2.05) is 29.0 Å². The van der Waals surface area contributed by atoms with Gasteiger partial charge in [-0.25, -0.2) is 9.97 Å². The number of rotatable bonds is 9. The number of likely N-dealkylation sites (tertiary alicyclic amines) is 1. The Hall–Kier alpha value is -2.51. The number of hydrogen-bond donors (Lipinski definition) is 1. The van der Waals surface area contributed by atoms with Gasteiger partial charge in [-0.3, -0.25) is 9.36 Å². The second kappa shape index (κ2) is 10.9. The third-order valence-corrected chi connectivity index (χ3v) is 6.89. The molecule has 172 valence electrons. The van der Waals surface area contributed by atoms with Crippen LogP contribution in [0.1, 0.15) is 60.5 Å². The first-order chi connectivity index (χ1) is 15.7. The summed E-state index contributed by atoms with van der Waals surface area (Å²) in [6.07, 6.45) is 14.2. The Morgan fingerprint density at radius 3 is 2.91 bits per heavy atom. The Labute approximate surface area is 190 Å². The van der Waals surface area contributed by atoms with Gasteiger partial charge in [0.25, 0.3) is 5.91 Å². The molecule has 1 saturated heterocycles. The van der Waals surface area contributed by atoms with Crippen molar-refractivity contribution in [3.8, 4) is 5.82 Å². The summed E-state index contributed by atoms with van der Waals surface area (Å²) in [7, 11) is 0. The molecule has 1 aliphatic carbocycles. The van der Waals surface area contributed by atoms with Gasteiger partial charge in [-0.15, -0.1) is 6.58 Å². The topological polar surface area (TPSA) is 86.3 Å². The van der Waals surface area contributed by atoms with Crippen molar-refractivity contribution in [1.82, 2.24) is 19.4 Å². The van der Waals surface area contributed by atoms with Crippen molar-refractivity contribution in [3.63, 3.8) is 0 Å². The minimum Gasteiger partial charge on any atom is -0.377 e. The normalized spacial score (nSPS) is 24.3. The number of nitrogens with zero attached hydrogens (tertiary/aromatic N) is 4. The highest BCUT2D eigenvalue weighted by Gasteiger charge is 2.33. The fraction of sp³-hybridized carbons (Fsp3) is 0.560. The zero-order valence-electron chi connectivity index (χ0n) is 18.9. The lowest BCUT2D eigenvalue weighted by atomic mass is 9.75. The number of primary amides is 1. The van der Waals surface area contributed by atoms with Gasteiger partial charge in [0.1, 0.15) is 12.1 Å². The second-order valence-corrected chi connectivity index (χ2v) is 9.18. The molecule has 0 bridgehead atoms. The largest absolute Gasteiger partial charge is 0.377 e. The fourth-order valence-corrected chi connectivity index (χ4v) is 5.38. The fourth-order valence-electron chi connectivity index (χ4n) is 5.38. The van der Waals surface area contributed by atoms with Gasteiger partial charge in [-0.1, -0.05) is 18.9 Å². The number of hydrogen-bond acceptors (Lipinski definition) is 5. The second-order valence-electron chi connectivity index (χ2n) is 9.18. The molecule has 2 N–H and O–H groups in total. The minimum atomic E-state index is -0.397. The van der Waals surface area contributed by atoms with Gasteiger partial charge in [0.05, 0.1) is 24.5 Å². The molecule has 0 unspecified atom stereocenters. The van der Waals surface area contributed by atoms with E-state index in [9.17, 15) is 4.79 Å². The maximum Gasteiger partial charge on any atom is 0.250 e. The van der Waals surface area contributed by atoms with E-state index >= 15 is 0 Å². The summed E-state index contributed by atoms with van der Waals surface area (Å²) in [6.45, 7) is 8.40. The molecule has 0 spiro atoms. The first-order valence-electron chi connectivity index (χ1n) is 11.9. The van der Waals surface area contributed by atoms with Gasteiger partial charge in [0.15, 0.2) is 0 Å². The molecule has 1 saturated carbocycles. The number of piperidine rings is 1. The Kier molecular flexibility index (Phi) is 7.71. The van der Waals surface area contributed by atoms with E-state index in [1.54, 1.807) is 12.5 Å². The van der Waals surface area contributed by atoms with Gasteiger partial charge >= 0.3 is 0 Å². The number of aromatic nitrogens is 3. The Balaban J connectivity index is 1.52. The number of carbonyl (C=O) groups excluding carboxylic acids is 1. The molecular weight excluding hydrogens is 402 g/mol. The molecule has 7 nitrogen and oxygen atoms in total. The summed E-state index contributed by atoms with van der Waals surface area (Å²) in [5.41, 5.74) is 7.18. The Bertz CT molecular complexity index is 898. The molecule has 3 atom stereocenters. The Morgan fingerprint density at radius 2 is 2.12 bits per heavy atom. The van der Waals surface area contributed by atoms with Crippen LogP contribution in [0.25, 0.3) is 5.82 Å². The van der Waals surface area contributed by atoms with Gasteiger partial charge in [0, 0.05) is 31.4 Å². The van der Waals surface area contributed by atoms with Gasteiger partial charge < -0.3 is 15.4 Å². The van der Waals surface area contributed by atoms with Crippen LogP contribution in [0.4, 0.5) is 0 Å². The summed E-state index contributed by atoms with van der Waals surface area (Å²) < 4.78 is 7.61. The highest BCUT2D eigenvalue weighted by molar-refractivity contribution is 5.94. The molecule has 4 rings (SSSR count). The maximum atomic E-state index is 12.3. The van der Waals surface area contributed by atoms with Crippen molar-refractivity contribution >= 4 is 5.91 Å². The maximum absolute atomic E-state index is 12.3. The number of nitrogens with two attached hydrogens (primary N) is 1. The van der Waals surface area contributed by atoms with Crippen LogP contribution < -0.4 is 5.73 Å². The van der Waals surface area contributed by atoms with Crippen molar-refractivity contribution in [3.05, 3.63) is 54.8 Å². The van der Waals surface area contributed by atoms with Crippen LogP contribution in [0.5, 0.6) is 0 Å². The zero-order valence-corrected chi connectivity index (χ0v) is 18.9. The average molecular weight is 438 g/mol. The lowest BCUT2D eigenvalue weighted by Gasteiger charge is -2.39. The van der Waals surface area contributed by atoms with E-state index in [0.717, 1.165) is 57.0 Å². The smallest absolute Gasteiger partial charge is 0.250 e. The summed E-state index contributed by atoms with van der Waals surface area (Å²) in [5, 5.41) is 0. The van der Waals surface area contributed by atoms with Gasteiger partial charge in [-0.2, -0.15) is 0 Å². The highest BCUT2D eigenvalue weighted by Crippen LogP contribution is 2.39. The predicted molar refractivity (Wildman–Crippen MR) is 125 cm³/mol. The summed E-state index contributed by atoms with van der Waals surface area (Å²) in [5.74, 6) is 1.68. The zero-order chi connectivity index (χ0) is 22.3. The van der Waals surface area contributed by atoms with Gasteiger partial charge in [-0.05, 0) is 56.2 Å². The number of imidazole rings is 1. The van der Waals surface area contributed by atoms with Crippen LogP contribution in [-0.4, -0.2) is 58.2 Å². The van der Waals surface area contributed by atoms with E-state index in [-0.39, 0.29) is 5.92 Å². The molecule has 2 aromatic heterocycles. The molecule has 1 amide bonds. The Morgan fingerprint density at radius 1 is 1.25 bits per heavy atom. The molecule has 2 aromatic rings. The van der Waals surface area contributed by atoms with E-state index in [0.29, 0.717) is 24.0 Å². The van der Waals surface area contributed by atoms with Crippen molar-refractivity contribution in [2.24, 2.45) is 17.6 Å². The molecular formula is C25H35N5O2. The van der Waals surface area contributed by atoms with E-state index < -0.39 is 5.91 Å². The number of amides is 1. The molecule has 2 aliphatic rings. The molecule has 0 radical (unpaired) electrons. The first-order valence-corrected chi connectivity index (χ1v) is 11.9. The highest BCUT2D eigenvalue weighted by atomic mass is 16.5. The monoisotopic (exact) mass is 437 g/mol. The van der Waals surface area contributed by atoms with E-state index in [1.165, 1.54) is 19.3 Å². The number of ether oxygens (including phenoxy) is 1. The standard InChI is InChI=1S/C25H35N5O2/c1-2-14-32-17-19-6-5-12-29(15-19)16-20-7-3-4-8-21(20)24-22(25(26)31)9-10-23(28-24)30-13-11-27-18-30/h2,9-11,13,18-21H,1,3-8,12,14-17H2,(H2,26,31)/t19-,20-,21+/m0/s1. The van der Waals surface area contributed by atoms with Crippen molar-refractivity contribution in [2.45, 2.75) is 44.4 Å². The molecule has 7 heteroatoms. The first kappa shape index (κ1) is 22.7. The van der Waals surface area contributed by atoms with Crippen molar-refractivity contribution < 1.29 is 9.53 Å². The average Bonchev–Trinajstić information content (AvgIpc) is 3.35. The molecule has 0 aromatic carbocycles. The number of pyridine rings is 1. The third kappa shape index (κ3) is 5.45. The lowest BCUT2D eigenvalue weighted by Crippen LogP contribution is -2.42. The van der Waals surface area contributed by atoms with Crippen LogP contribution in [0.3, 0.4) is 0 Å².